The van der Waals surface area contributed by atoms with Crippen molar-refractivity contribution in [3.63, 3.8) is 0 Å². The van der Waals surface area contributed by atoms with E-state index in [1.807, 2.05) is 52.0 Å². The highest BCUT2D eigenvalue weighted by Crippen LogP contribution is 2.43. The molecule has 2 unspecified atom stereocenters. The topological polar surface area (TPSA) is 75.6 Å². The molecule has 7 heteroatoms. The van der Waals surface area contributed by atoms with Crippen LogP contribution in [0.25, 0.3) is 0 Å². The lowest BCUT2D eigenvalue weighted by Crippen LogP contribution is -2.45. The molecule has 1 aromatic rings. The first-order chi connectivity index (χ1) is 13.7. The number of benzene rings is 1. The number of hydrogen-bond acceptors (Lipinski definition) is 7. The zero-order valence-electron chi connectivity index (χ0n) is 17.4. The fourth-order valence-electron chi connectivity index (χ4n) is 4.40. The molecular formula is C22H30O7. The minimum atomic E-state index is -0.730. The van der Waals surface area contributed by atoms with Crippen LogP contribution in [0.4, 0.5) is 0 Å². The van der Waals surface area contributed by atoms with E-state index in [2.05, 4.69) is 0 Å². The molecule has 1 N–H and O–H groups in total. The van der Waals surface area contributed by atoms with Gasteiger partial charge in [-0.15, -0.1) is 0 Å². The van der Waals surface area contributed by atoms with Gasteiger partial charge in [0.2, 0.25) is 0 Å². The van der Waals surface area contributed by atoms with Gasteiger partial charge in [0.1, 0.15) is 18.0 Å². The molecule has 5 rings (SSSR count). The molecule has 3 saturated heterocycles. The summed E-state index contributed by atoms with van der Waals surface area (Å²) in [6.45, 7) is 7.93. The first-order valence-corrected chi connectivity index (χ1v) is 10.5. The Labute approximate surface area is 171 Å². The van der Waals surface area contributed by atoms with E-state index in [0.29, 0.717) is 18.3 Å². The van der Waals surface area contributed by atoms with E-state index in [1.54, 1.807) is 0 Å². The maximum atomic E-state index is 10.3. The van der Waals surface area contributed by atoms with Gasteiger partial charge in [-0.2, -0.15) is 0 Å². The number of fused-ring (bicyclic) bond motifs is 1. The molecule has 1 aliphatic carbocycles. The number of aliphatic hydroxyl groups is 1. The van der Waals surface area contributed by atoms with Crippen LogP contribution in [0, 0.1) is 5.92 Å². The average Bonchev–Trinajstić information content (AvgIpc) is 3.29. The van der Waals surface area contributed by atoms with E-state index < -0.39 is 30.1 Å². The third-order valence-electron chi connectivity index (χ3n) is 5.99. The Morgan fingerprint density at radius 2 is 1.69 bits per heavy atom. The summed E-state index contributed by atoms with van der Waals surface area (Å²) < 4.78 is 36.3. The fraction of sp³-hybridized carbons (Fsp3) is 0.727. The molecule has 1 aromatic carbocycles. The van der Waals surface area contributed by atoms with Gasteiger partial charge in [0.15, 0.2) is 30.1 Å². The van der Waals surface area contributed by atoms with Crippen LogP contribution in [0.3, 0.4) is 0 Å². The van der Waals surface area contributed by atoms with E-state index in [0.717, 1.165) is 18.4 Å². The Kier molecular flexibility index (Phi) is 4.70. The van der Waals surface area contributed by atoms with Crippen molar-refractivity contribution in [3.8, 4) is 5.75 Å². The molecule has 0 bridgehead atoms. The van der Waals surface area contributed by atoms with Gasteiger partial charge in [-0.05, 0) is 64.2 Å². The number of rotatable bonds is 5. The van der Waals surface area contributed by atoms with Crippen LogP contribution in [-0.2, 0) is 23.7 Å². The van der Waals surface area contributed by atoms with Gasteiger partial charge in [0.25, 0.3) is 0 Å². The molecule has 1 saturated carbocycles. The lowest BCUT2D eigenvalue weighted by atomic mass is 10.0. The SMILES string of the molecule is CC1(C)OCC([C@H]2O[C@@H]3OC(C)(C)O[C@@H]3[C@H]2Oc2ccc(C(O)C3CC3)cc2)O1. The van der Waals surface area contributed by atoms with Crippen LogP contribution >= 0.6 is 0 Å². The van der Waals surface area contributed by atoms with E-state index in [4.69, 9.17) is 28.4 Å². The minimum absolute atomic E-state index is 0.271. The lowest BCUT2D eigenvalue weighted by molar-refractivity contribution is -0.230. The molecule has 0 radical (unpaired) electrons. The molecule has 29 heavy (non-hydrogen) atoms. The molecule has 0 amide bonds. The van der Waals surface area contributed by atoms with Crippen LogP contribution in [0.5, 0.6) is 5.75 Å². The summed E-state index contributed by atoms with van der Waals surface area (Å²) in [6, 6.07) is 7.63. The quantitative estimate of drug-likeness (QED) is 0.806. The summed E-state index contributed by atoms with van der Waals surface area (Å²) in [4.78, 5) is 0. The molecule has 3 aliphatic heterocycles. The Morgan fingerprint density at radius 3 is 2.31 bits per heavy atom. The van der Waals surface area contributed by atoms with Gasteiger partial charge in [-0.3, -0.25) is 0 Å². The normalized spacial score (nSPS) is 38.7. The highest BCUT2D eigenvalue weighted by molar-refractivity contribution is 5.30. The fourth-order valence-corrected chi connectivity index (χ4v) is 4.40. The van der Waals surface area contributed by atoms with Crippen molar-refractivity contribution in [1.82, 2.24) is 0 Å². The van der Waals surface area contributed by atoms with Crippen LogP contribution in [0.2, 0.25) is 0 Å². The monoisotopic (exact) mass is 406 g/mol. The van der Waals surface area contributed by atoms with Gasteiger partial charge < -0.3 is 33.5 Å². The van der Waals surface area contributed by atoms with Gasteiger partial charge >= 0.3 is 0 Å². The smallest absolute Gasteiger partial charge is 0.191 e. The second-order valence-electron chi connectivity index (χ2n) is 9.37. The van der Waals surface area contributed by atoms with Crippen molar-refractivity contribution in [2.75, 3.05) is 6.61 Å². The molecular weight excluding hydrogens is 376 g/mol. The summed E-state index contributed by atoms with van der Waals surface area (Å²) in [5.41, 5.74) is 0.924. The molecule has 7 nitrogen and oxygen atoms in total. The Morgan fingerprint density at radius 1 is 0.966 bits per heavy atom. The van der Waals surface area contributed by atoms with Crippen LogP contribution in [0.1, 0.15) is 52.2 Å². The predicted molar refractivity (Wildman–Crippen MR) is 102 cm³/mol. The highest BCUT2D eigenvalue weighted by atomic mass is 16.8. The zero-order valence-corrected chi connectivity index (χ0v) is 17.4. The first kappa shape index (κ1) is 19.7. The third-order valence-corrected chi connectivity index (χ3v) is 5.99. The summed E-state index contributed by atoms with van der Waals surface area (Å²) in [5.74, 6) is -0.295. The lowest BCUT2D eigenvalue weighted by Gasteiger charge is -2.29. The summed E-state index contributed by atoms with van der Waals surface area (Å²) in [6.07, 6.45) is -0.126. The van der Waals surface area contributed by atoms with Gasteiger partial charge in [0, 0.05) is 0 Å². The standard InChI is InChI=1S/C22H30O7/c1-21(2)24-11-15(27-21)17-18(19-20(26-17)29-22(3,4)28-19)25-14-9-7-13(8-10-14)16(23)12-5-6-12/h7-10,12,15-20,23H,5-6,11H2,1-4H3/t15?,16?,17-,18+,19-,20-/m1/s1. The van der Waals surface area contributed by atoms with E-state index in [-0.39, 0.29) is 18.3 Å². The van der Waals surface area contributed by atoms with E-state index in [1.165, 1.54) is 0 Å². The maximum Gasteiger partial charge on any atom is 0.191 e. The summed E-state index contributed by atoms with van der Waals surface area (Å²) in [5, 5.41) is 10.3. The number of hydrogen-bond donors (Lipinski definition) is 1. The van der Waals surface area contributed by atoms with Crippen LogP contribution < -0.4 is 4.74 Å². The summed E-state index contributed by atoms with van der Waals surface area (Å²) in [7, 11) is 0. The van der Waals surface area contributed by atoms with E-state index in [9.17, 15) is 5.11 Å². The van der Waals surface area contributed by atoms with Crippen molar-refractivity contribution < 1.29 is 33.5 Å². The molecule has 3 heterocycles. The number of aliphatic hydroxyl groups excluding tert-OH is 1. The first-order valence-electron chi connectivity index (χ1n) is 10.5. The van der Waals surface area contributed by atoms with Crippen molar-refractivity contribution in [2.45, 2.75) is 88.9 Å². The van der Waals surface area contributed by atoms with Gasteiger partial charge in [-0.25, -0.2) is 0 Å². The van der Waals surface area contributed by atoms with Crippen LogP contribution in [0.15, 0.2) is 24.3 Å². The maximum absolute atomic E-state index is 10.3. The second-order valence-corrected chi connectivity index (χ2v) is 9.37. The highest BCUT2D eigenvalue weighted by Gasteiger charge is 2.59. The largest absolute Gasteiger partial charge is 0.485 e. The Balaban J connectivity index is 1.34. The molecule has 0 aromatic heterocycles. The molecule has 0 spiro atoms. The van der Waals surface area contributed by atoms with Gasteiger partial charge in [0.05, 0.1) is 12.7 Å². The molecule has 6 atom stereocenters. The summed E-state index contributed by atoms with van der Waals surface area (Å²) >= 11 is 0. The molecule has 160 valence electrons. The number of ether oxygens (including phenoxy) is 6. The van der Waals surface area contributed by atoms with E-state index >= 15 is 0 Å². The van der Waals surface area contributed by atoms with Crippen LogP contribution in [-0.4, -0.2) is 54.0 Å². The van der Waals surface area contributed by atoms with Gasteiger partial charge in [-0.1, -0.05) is 12.1 Å². The molecule has 4 aliphatic rings. The van der Waals surface area contributed by atoms with Crippen molar-refractivity contribution in [3.05, 3.63) is 29.8 Å². The Hall–Kier alpha value is -1.22. The molecule has 4 fully saturated rings. The predicted octanol–water partition coefficient (Wildman–Crippen LogP) is 2.91. The van der Waals surface area contributed by atoms with Crippen molar-refractivity contribution >= 4 is 0 Å². The zero-order chi connectivity index (χ0) is 20.4. The third kappa shape index (κ3) is 3.92. The Bertz CT molecular complexity index is 742. The second kappa shape index (κ2) is 6.90. The van der Waals surface area contributed by atoms with Crippen molar-refractivity contribution in [2.24, 2.45) is 5.92 Å². The van der Waals surface area contributed by atoms with Crippen molar-refractivity contribution in [1.29, 1.82) is 0 Å². The average molecular weight is 406 g/mol. The minimum Gasteiger partial charge on any atom is -0.485 e.